The fraction of sp³-hybridized carbons (Fsp3) is 0.556. The van der Waals surface area contributed by atoms with Crippen LogP contribution in [0.1, 0.15) is 54.0 Å². The summed E-state index contributed by atoms with van der Waals surface area (Å²) in [5, 5.41) is 0. The van der Waals surface area contributed by atoms with Gasteiger partial charge in [-0.05, 0) is 86.4 Å². The predicted molar refractivity (Wildman–Crippen MR) is 132 cm³/mol. The molecule has 1 saturated heterocycles. The van der Waals surface area contributed by atoms with Crippen LogP contribution >= 0.6 is 7.14 Å². The molecule has 204 valence electrons. The summed E-state index contributed by atoms with van der Waals surface area (Å²) in [5.41, 5.74) is -1.39. The lowest BCUT2D eigenvalue weighted by Crippen LogP contribution is -2.50. The molecule has 0 N–H and O–H groups in total. The van der Waals surface area contributed by atoms with E-state index >= 15 is 0 Å². The van der Waals surface area contributed by atoms with Gasteiger partial charge in [0.05, 0.1) is 24.9 Å². The van der Waals surface area contributed by atoms with Gasteiger partial charge < -0.3 is 9.30 Å². The van der Waals surface area contributed by atoms with Gasteiger partial charge in [-0.3, -0.25) is 4.90 Å². The Balaban J connectivity index is 1.38. The predicted octanol–water partition coefficient (Wildman–Crippen LogP) is 7.91. The standard InChI is InChI=1S/C27H32F6NO2P/c1-17(23-12-21(26(28,29)30)9-10-25(23)27(31,32)33)34-13-18(14-34)15-36-22-6-4-5-20(11-22)24(19-7-8-19)16-37(2,3)35/h4-6,9-12,17-19,24H,7-8,13-16H2,1-3H3/t17?,24-/m0/s1. The number of alkyl halides is 6. The van der Waals surface area contributed by atoms with Crippen molar-refractivity contribution in [3.63, 3.8) is 0 Å². The molecule has 1 saturated carbocycles. The van der Waals surface area contributed by atoms with Crippen molar-refractivity contribution in [1.29, 1.82) is 0 Å². The SMILES string of the molecule is CC(c1cc(C(F)(F)F)ccc1C(F)(F)F)N1CC(COc2cccc([C@@H](CP(C)(C)=O)C3CC3)c2)C1. The van der Waals surface area contributed by atoms with Gasteiger partial charge in [0.25, 0.3) is 0 Å². The lowest BCUT2D eigenvalue weighted by atomic mass is 9.92. The van der Waals surface area contributed by atoms with Crippen LogP contribution in [0.5, 0.6) is 5.75 Å². The maximum Gasteiger partial charge on any atom is 0.416 e. The third-order valence-corrected chi connectivity index (χ3v) is 8.54. The highest BCUT2D eigenvalue weighted by atomic mass is 31.2. The minimum atomic E-state index is -4.74. The van der Waals surface area contributed by atoms with Gasteiger partial charge in [-0.25, -0.2) is 0 Å². The van der Waals surface area contributed by atoms with Gasteiger partial charge in [0.1, 0.15) is 5.75 Å². The molecule has 0 bridgehead atoms. The van der Waals surface area contributed by atoms with E-state index in [1.807, 2.05) is 37.6 Å². The van der Waals surface area contributed by atoms with E-state index in [1.165, 1.54) is 6.92 Å². The molecule has 2 aromatic rings. The van der Waals surface area contributed by atoms with E-state index in [0.29, 0.717) is 55.7 Å². The first-order chi connectivity index (χ1) is 17.1. The number of hydrogen-bond acceptors (Lipinski definition) is 3. The van der Waals surface area contributed by atoms with Crippen LogP contribution in [0.15, 0.2) is 42.5 Å². The minimum absolute atomic E-state index is 0.0528. The molecule has 2 atom stereocenters. The summed E-state index contributed by atoms with van der Waals surface area (Å²) in [7, 11) is -2.19. The van der Waals surface area contributed by atoms with Crippen molar-refractivity contribution >= 4 is 7.14 Å². The van der Waals surface area contributed by atoms with Crippen molar-refractivity contribution in [2.24, 2.45) is 11.8 Å². The number of benzene rings is 2. The van der Waals surface area contributed by atoms with E-state index < -0.39 is 36.7 Å². The van der Waals surface area contributed by atoms with Crippen molar-refractivity contribution < 1.29 is 35.6 Å². The maximum atomic E-state index is 13.5. The molecule has 2 aliphatic rings. The fourth-order valence-corrected chi connectivity index (χ4v) is 6.58. The molecular weight excluding hydrogens is 515 g/mol. The Bertz CT molecular complexity index is 1150. The number of ether oxygens (including phenoxy) is 1. The molecular formula is C27H32F6NO2P. The first-order valence-corrected chi connectivity index (χ1v) is 15.2. The van der Waals surface area contributed by atoms with Crippen molar-refractivity contribution in [3.05, 3.63) is 64.7 Å². The average molecular weight is 548 g/mol. The Kier molecular flexibility index (Phi) is 7.80. The Labute approximate surface area is 213 Å². The van der Waals surface area contributed by atoms with Crippen LogP contribution in [-0.4, -0.2) is 44.1 Å². The van der Waals surface area contributed by atoms with Crippen LogP contribution in [0.4, 0.5) is 26.3 Å². The Morgan fingerprint density at radius 2 is 1.68 bits per heavy atom. The van der Waals surface area contributed by atoms with E-state index in [2.05, 4.69) is 0 Å². The summed E-state index contributed by atoms with van der Waals surface area (Å²) in [5.74, 6) is 1.52. The highest BCUT2D eigenvalue weighted by molar-refractivity contribution is 7.62. The molecule has 1 heterocycles. The van der Waals surface area contributed by atoms with Crippen LogP contribution in [0.25, 0.3) is 0 Å². The van der Waals surface area contributed by atoms with Crippen molar-refractivity contribution in [2.45, 2.75) is 44.1 Å². The quantitative estimate of drug-likeness (QED) is 0.236. The molecule has 4 rings (SSSR count). The zero-order chi connectivity index (χ0) is 27.2. The lowest BCUT2D eigenvalue weighted by molar-refractivity contribution is -0.142. The van der Waals surface area contributed by atoms with Gasteiger partial charge >= 0.3 is 12.4 Å². The largest absolute Gasteiger partial charge is 0.493 e. The first kappa shape index (κ1) is 28.0. The summed E-state index contributed by atoms with van der Waals surface area (Å²) in [6, 6.07) is 8.57. The van der Waals surface area contributed by atoms with E-state index in [9.17, 15) is 30.9 Å². The molecule has 2 aromatic carbocycles. The second-order valence-electron chi connectivity index (χ2n) is 10.9. The molecule has 0 aromatic heterocycles. The molecule has 0 spiro atoms. The van der Waals surface area contributed by atoms with Gasteiger partial charge in [0.2, 0.25) is 0 Å². The molecule has 37 heavy (non-hydrogen) atoms. The fourth-order valence-electron chi connectivity index (χ4n) is 5.12. The number of nitrogens with zero attached hydrogens (tertiary/aromatic N) is 1. The second-order valence-corrected chi connectivity index (χ2v) is 14.4. The van der Waals surface area contributed by atoms with Crippen molar-refractivity contribution in [3.8, 4) is 5.75 Å². The monoisotopic (exact) mass is 547 g/mol. The summed E-state index contributed by atoms with van der Waals surface area (Å²) in [4.78, 5) is 1.73. The smallest absolute Gasteiger partial charge is 0.416 e. The van der Waals surface area contributed by atoms with Gasteiger partial charge in [0, 0.05) is 31.2 Å². The van der Waals surface area contributed by atoms with E-state index in [0.717, 1.165) is 18.4 Å². The normalized spacial score (nSPS) is 19.4. The summed E-state index contributed by atoms with van der Waals surface area (Å²) >= 11 is 0. The summed E-state index contributed by atoms with van der Waals surface area (Å²) < 4.78 is 98.4. The molecule has 10 heteroatoms. The lowest BCUT2D eigenvalue weighted by Gasteiger charge is -2.43. The van der Waals surface area contributed by atoms with E-state index in [1.54, 1.807) is 4.90 Å². The number of rotatable bonds is 9. The average Bonchev–Trinajstić information content (AvgIpc) is 3.59. The Hall–Kier alpha value is -1.99. The third kappa shape index (κ3) is 7.11. The molecule has 1 unspecified atom stereocenters. The van der Waals surface area contributed by atoms with Gasteiger partial charge in [-0.1, -0.05) is 12.1 Å². The number of halogens is 6. The molecule has 1 aliphatic heterocycles. The van der Waals surface area contributed by atoms with Crippen LogP contribution in [0, 0.1) is 11.8 Å². The van der Waals surface area contributed by atoms with Crippen LogP contribution < -0.4 is 4.74 Å². The number of hydrogen-bond donors (Lipinski definition) is 0. The highest BCUT2D eigenvalue weighted by Crippen LogP contribution is 2.51. The van der Waals surface area contributed by atoms with Crippen LogP contribution in [0.2, 0.25) is 0 Å². The van der Waals surface area contributed by atoms with Crippen LogP contribution in [0.3, 0.4) is 0 Å². The topological polar surface area (TPSA) is 29.5 Å². The summed E-state index contributed by atoms with van der Waals surface area (Å²) in [6.07, 6.45) is -6.54. The molecule has 1 aliphatic carbocycles. The Morgan fingerprint density at radius 1 is 1.00 bits per heavy atom. The van der Waals surface area contributed by atoms with Gasteiger partial charge in [0.15, 0.2) is 0 Å². The van der Waals surface area contributed by atoms with Gasteiger partial charge in [-0.2, -0.15) is 26.3 Å². The van der Waals surface area contributed by atoms with Crippen molar-refractivity contribution in [2.75, 3.05) is 39.2 Å². The molecule has 0 amide bonds. The summed E-state index contributed by atoms with van der Waals surface area (Å²) in [6.45, 7) is 6.33. The maximum absolute atomic E-state index is 13.5. The van der Waals surface area contributed by atoms with Crippen molar-refractivity contribution in [1.82, 2.24) is 4.90 Å². The third-order valence-electron chi connectivity index (χ3n) is 7.27. The molecule has 3 nitrogen and oxygen atoms in total. The second kappa shape index (κ2) is 10.3. The molecule has 0 radical (unpaired) electrons. The number of likely N-dealkylation sites (tertiary alicyclic amines) is 1. The zero-order valence-corrected chi connectivity index (χ0v) is 22.0. The van der Waals surface area contributed by atoms with E-state index in [4.69, 9.17) is 4.74 Å². The van der Waals surface area contributed by atoms with Crippen LogP contribution in [-0.2, 0) is 16.9 Å². The van der Waals surface area contributed by atoms with Gasteiger partial charge in [-0.15, -0.1) is 0 Å². The first-order valence-electron chi connectivity index (χ1n) is 12.4. The Morgan fingerprint density at radius 3 is 2.24 bits per heavy atom. The minimum Gasteiger partial charge on any atom is -0.493 e. The zero-order valence-electron chi connectivity index (χ0n) is 21.1. The molecule has 2 fully saturated rings. The van der Waals surface area contributed by atoms with E-state index in [-0.39, 0.29) is 17.4 Å². The highest BCUT2D eigenvalue weighted by Gasteiger charge is 2.41.